The molecule has 7 heteroatoms. The van der Waals surface area contributed by atoms with E-state index in [0.29, 0.717) is 25.9 Å². The Balaban J connectivity index is 1.68. The first-order chi connectivity index (χ1) is 11.1. The fourth-order valence-electron chi connectivity index (χ4n) is 3.11. The minimum absolute atomic E-state index is 0.0515. The van der Waals surface area contributed by atoms with Crippen molar-refractivity contribution in [1.29, 1.82) is 0 Å². The lowest BCUT2D eigenvalue weighted by Gasteiger charge is -2.23. The second-order valence-electron chi connectivity index (χ2n) is 5.85. The summed E-state index contributed by atoms with van der Waals surface area (Å²) in [6.45, 7) is 0.965. The average Bonchev–Trinajstić information content (AvgIpc) is 3.15. The molecule has 0 saturated carbocycles. The summed E-state index contributed by atoms with van der Waals surface area (Å²) in [5.41, 5.74) is 7.83. The van der Waals surface area contributed by atoms with E-state index in [1.165, 1.54) is 0 Å². The van der Waals surface area contributed by atoms with Crippen molar-refractivity contribution in [2.75, 3.05) is 13.6 Å². The van der Waals surface area contributed by atoms with Crippen LogP contribution in [-0.4, -0.2) is 51.9 Å². The van der Waals surface area contributed by atoms with E-state index < -0.39 is 6.04 Å². The fraction of sp³-hybridized carbons (Fsp3) is 0.438. The topological polar surface area (TPSA) is 93.3 Å². The molecule has 1 aliphatic heterocycles. The van der Waals surface area contributed by atoms with Crippen LogP contribution < -0.4 is 11.1 Å². The van der Waals surface area contributed by atoms with Crippen molar-refractivity contribution in [2.45, 2.75) is 31.5 Å². The van der Waals surface area contributed by atoms with Gasteiger partial charge in [0.1, 0.15) is 6.04 Å². The van der Waals surface area contributed by atoms with Crippen LogP contribution in [0, 0.1) is 0 Å². The first-order valence-electron chi connectivity index (χ1n) is 7.76. The van der Waals surface area contributed by atoms with Gasteiger partial charge in [0, 0.05) is 32.6 Å². The highest BCUT2D eigenvalue weighted by Gasteiger charge is 2.37. The molecule has 0 bridgehead atoms. The third-order valence-electron chi connectivity index (χ3n) is 4.30. The van der Waals surface area contributed by atoms with Crippen LogP contribution in [0.4, 0.5) is 0 Å². The predicted octanol–water partition coefficient (Wildman–Crippen LogP) is 0.101. The van der Waals surface area contributed by atoms with Crippen LogP contribution in [0.2, 0.25) is 0 Å². The number of carbonyl (C=O) groups excluding carboxylic acids is 2. The number of para-hydroxylation sites is 2. The summed E-state index contributed by atoms with van der Waals surface area (Å²) in [5, 5.41) is 2.60. The number of likely N-dealkylation sites (tertiary alicyclic amines) is 1. The summed E-state index contributed by atoms with van der Waals surface area (Å²) in [7, 11) is 1.58. The molecule has 0 spiro atoms. The maximum atomic E-state index is 12.5. The molecular formula is C16H21N5O2. The summed E-state index contributed by atoms with van der Waals surface area (Å²) >= 11 is 0. The summed E-state index contributed by atoms with van der Waals surface area (Å²) in [4.78, 5) is 30.3. The van der Waals surface area contributed by atoms with E-state index in [1.807, 2.05) is 28.8 Å². The van der Waals surface area contributed by atoms with Crippen LogP contribution in [0.25, 0.3) is 11.0 Å². The minimum atomic E-state index is -0.456. The number of rotatable bonds is 4. The van der Waals surface area contributed by atoms with E-state index in [0.717, 1.165) is 11.0 Å². The van der Waals surface area contributed by atoms with Crippen molar-refractivity contribution < 1.29 is 9.59 Å². The number of nitrogens with one attached hydrogen (secondary N) is 1. The first-order valence-corrected chi connectivity index (χ1v) is 7.76. The standard InChI is InChI=1S/C16H21N5O2/c1-18-16(23)14-8-11(17)9-21(14)15(22)6-7-20-10-19-12-4-2-3-5-13(12)20/h2-5,10-11,14H,6-9,17H2,1H3,(H,18,23)/t11-,14+/m1/s1. The van der Waals surface area contributed by atoms with Crippen LogP contribution in [0.15, 0.2) is 30.6 Å². The molecule has 0 radical (unpaired) electrons. The number of aromatic nitrogens is 2. The molecule has 2 atom stereocenters. The lowest BCUT2D eigenvalue weighted by atomic mass is 10.1. The molecule has 2 aromatic rings. The molecular weight excluding hydrogens is 294 g/mol. The van der Waals surface area contributed by atoms with Gasteiger partial charge in [0.05, 0.1) is 17.4 Å². The third-order valence-corrected chi connectivity index (χ3v) is 4.30. The number of benzene rings is 1. The van der Waals surface area contributed by atoms with Gasteiger partial charge in [-0.15, -0.1) is 0 Å². The molecule has 2 heterocycles. The Morgan fingerprint density at radius 2 is 2.17 bits per heavy atom. The maximum Gasteiger partial charge on any atom is 0.242 e. The smallest absolute Gasteiger partial charge is 0.242 e. The molecule has 1 fully saturated rings. The lowest BCUT2D eigenvalue weighted by Crippen LogP contribution is -2.45. The molecule has 0 unspecified atom stereocenters. The average molecular weight is 315 g/mol. The van der Waals surface area contributed by atoms with E-state index in [9.17, 15) is 9.59 Å². The molecule has 3 rings (SSSR count). The van der Waals surface area contributed by atoms with Gasteiger partial charge in [-0.25, -0.2) is 4.98 Å². The quantitative estimate of drug-likeness (QED) is 0.837. The second-order valence-corrected chi connectivity index (χ2v) is 5.85. The largest absolute Gasteiger partial charge is 0.357 e. The maximum absolute atomic E-state index is 12.5. The van der Waals surface area contributed by atoms with Gasteiger partial charge < -0.3 is 20.5 Å². The van der Waals surface area contributed by atoms with E-state index >= 15 is 0 Å². The van der Waals surface area contributed by atoms with Crippen molar-refractivity contribution in [3.05, 3.63) is 30.6 Å². The molecule has 1 aromatic heterocycles. The van der Waals surface area contributed by atoms with Gasteiger partial charge in [0.25, 0.3) is 0 Å². The van der Waals surface area contributed by atoms with E-state index in [2.05, 4.69) is 10.3 Å². The molecule has 122 valence electrons. The number of nitrogens with two attached hydrogens (primary N) is 1. The molecule has 0 aliphatic carbocycles. The van der Waals surface area contributed by atoms with Gasteiger partial charge in [-0.3, -0.25) is 9.59 Å². The first kappa shape index (κ1) is 15.5. The van der Waals surface area contributed by atoms with Crippen LogP contribution in [0.1, 0.15) is 12.8 Å². The second kappa shape index (κ2) is 6.37. The Hall–Kier alpha value is -2.41. The van der Waals surface area contributed by atoms with Crippen molar-refractivity contribution in [2.24, 2.45) is 5.73 Å². The minimum Gasteiger partial charge on any atom is -0.357 e. The number of aryl methyl sites for hydroxylation is 1. The number of likely N-dealkylation sites (N-methyl/N-ethyl adjacent to an activating group) is 1. The summed E-state index contributed by atoms with van der Waals surface area (Å²) in [6, 6.07) is 7.20. The molecule has 3 N–H and O–H groups in total. The molecule has 1 aliphatic rings. The number of amides is 2. The lowest BCUT2D eigenvalue weighted by molar-refractivity contribution is -0.138. The fourth-order valence-corrected chi connectivity index (χ4v) is 3.11. The Morgan fingerprint density at radius 1 is 1.39 bits per heavy atom. The Morgan fingerprint density at radius 3 is 2.96 bits per heavy atom. The van der Waals surface area contributed by atoms with Crippen molar-refractivity contribution >= 4 is 22.8 Å². The zero-order valence-corrected chi connectivity index (χ0v) is 13.1. The number of hydrogen-bond acceptors (Lipinski definition) is 4. The highest BCUT2D eigenvalue weighted by Crippen LogP contribution is 2.19. The van der Waals surface area contributed by atoms with Crippen molar-refractivity contribution in [3.8, 4) is 0 Å². The molecule has 1 aromatic carbocycles. The predicted molar refractivity (Wildman–Crippen MR) is 86.5 cm³/mol. The molecule has 23 heavy (non-hydrogen) atoms. The van der Waals surface area contributed by atoms with E-state index in [4.69, 9.17) is 5.73 Å². The zero-order valence-electron chi connectivity index (χ0n) is 13.1. The van der Waals surface area contributed by atoms with Crippen LogP contribution in [0.5, 0.6) is 0 Å². The van der Waals surface area contributed by atoms with Crippen LogP contribution in [-0.2, 0) is 16.1 Å². The molecule has 1 saturated heterocycles. The number of fused-ring (bicyclic) bond motifs is 1. The summed E-state index contributed by atoms with van der Waals surface area (Å²) < 4.78 is 1.96. The number of hydrogen-bond donors (Lipinski definition) is 2. The van der Waals surface area contributed by atoms with Gasteiger partial charge in [0.2, 0.25) is 11.8 Å². The zero-order chi connectivity index (χ0) is 16.4. The Labute approximate surface area is 134 Å². The van der Waals surface area contributed by atoms with Crippen LogP contribution in [0.3, 0.4) is 0 Å². The molecule has 2 amide bonds. The summed E-state index contributed by atoms with van der Waals surface area (Å²) in [6.07, 6.45) is 2.57. The normalized spacial score (nSPS) is 20.9. The van der Waals surface area contributed by atoms with Crippen molar-refractivity contribution in [3.63, 3.8) is 0 Å². The van der Waals surface area contributed by atoms with Gasteiger partial charge in [-0.2, -0.15) is 0 Å². The third kappa shape index (κ3) is 3.05. The highest BCUT2D eigenvalue weighted by atomic mass is 16.2. The van der Waals surface area contributed by atoms with E-state index in [-0.39, 0.29) is 17.9 Å². The van der Waals surface area contributed by atoms with Gasteiger partial charge >= 0.3 is 0 Å². The Kier molecular flexibility index (Phi) is 4.29. The van der Waals surface area contributed by atoms with Crippen LogP contribution >= 0.6 is 0 Å². The summed E-state index contributed by atoms with van der Waals surface area (Å²) in [5.74, 6) is -0.205. The van der Waals surface area contributed by atoms with Gasteiger partial charge in [-0.05, 0) is 18.6 Å². The Bertz CT molecular complexity index is 726. The number of carbonyl (C=O) groups is 2. The molecule has 7 nitrogen and oxygen atoms in total. The monoisotopic (exact) mass is 315 g/mol. The van der Waals surface area contributed by atoms with Gasteiger partial charge in [-0.1, -0.05) is 12.1 Å². The van der Waals surface area contributed by atoms with E-state index in [1.54, 1.807) is 18.3 Å². The number of imidazole rings is 1. The van der Waals surface area contributed by atoms with Crippen molar-refractivity contribution in [1.82, 2.24) is 19.8 Å². The SMILES string of the molecule is CNC(=O)[C@@H]1C[C@@H](N)CN1C(=O)CCn1cnc2ccccc21. The number of nitrogens with zero attached hydrogens (tertiary/aromatic N) is 3. The highest BCUT2D eigenvalue weighted by molar-refractivity contribution is 5.88. The van der Waals surface area contributed by atoms with Gasteiger partial charge in [0.15, 0.2) is 0 Å².